The van der Waals surface area contributed by atoms with Crippen molar-refractivity contribution >= 4 is 17.5 Å². The predicted molar refractivity (Wildman–Crippen MR) is 82.2 cm³/mol. The Hall–Kier alpha value is -1.10. The van der Waals surface area contributed by atoms with Crippen LogP contribution in [0.1, 0.15) is 28.8 Å². The maximum Gasteiger partial charge on any atom is 0.251 e. The predicted octanol–water partition coefficient (Wildman–Crippen LogP) is 1.67. The highest BCUT2D eigenvalue weighted by Gasteiger charge is 2.21. The summed E-state index contributed by atoms with van der Waals surface area (Å²) in [6.07, 6.45) is 3.34. The van der Waals surface area contributed by atoms with Gasteiger partial charge < -0.3 is 11.1 Å². The van der Waals surface area contributed by atoms with Crippen LogP contribution in [0.2, 0.25) is 5.02 Å². The van der Waals surface area contributed by atoms with Crippen molar-refractivity contribution in [1.29, 1.82) is 0 Å². The monoisotopic (exact) mass is 295 g/mol. The van der Waals surface area contributed by atoms with E-state index in [1.807, 2.05) is 12.1 Å². The minimum Gasteiger partial charge on any atom is -0.355 e. The van der Waals surface area contributed by atoms with Gasteiger partial charge in [-0.3, -0.25) is 9.69 Å². The number of carbonyl (C=O) groups is 1. The van der Waals surface area contributed by atoms with E-state index < -0.39 is 0 Å². The van der Waals surface area contributed by atoms with E-state index in [2.05, 4.69) is 10.2 Å². The van der Waals surface area contributed by atoms with Crippen LogP contribution in [0.15, 0.2) is 18.2 Å². The van der Waals surface area contributed by atoms with Gasteiger partial charge in [-0.2, -0.15) is 0 Å². The van der Waals surface area contributed by atoms with Gasteiger partial charge >= 0.3 is 0 Å². The molecule has 0 saturated carbocycles. The number of amides is 1. The number of halogens is 1. The summed E-state index contributed by atoms with van der Waals surface area (Å²) in [6, 6.07) is 5.82. The fraction of sp³-hybridized carbons (Fsp3) is 0.533. The van der Waals surface area contributed by atoms with Crippen molar-refractivity contribution in [1.82, 2.24) is 10.2 Å². The third kappa shape index (κ3) is 3.51. The molecule has 0 spiro atoms. The third-order valence-corrected chi connectivity index (χ3v) is 4.28. The molecule has 110 valence electrons. The maximum absolute atomic E-state index is 11.6. The largest absolute Gasteiger partial charge is 0.355 e. The molecule has 1 aliphatic heterocycles. The lowest BCUT2D eigenvalue weighted by atomic mass is 10.0. The SMILES string of the molecule is CNC(=O)c1ccc(CC(CN)N2CCCC2)c(Cl)c1. The molecule has 1 fully saturated rings. The van der Waals surface area contributed by atoms with Gasteiger partial charge in [-0.15, -0.1) is 0 Å². The van der Waals surface area contributed by atoms with E-state index in [0.717, 1.165) is 25.1 Å². The Labute approximate surface area is 125 Å². The van der Waals surface area contributed by atoms with Gasteiger partial charge in [0.2, 0.25) is 0 Å². The number of nitrogens with two attached hydrogens (primary N) is 1. The zero-order chi connectivity index (χ0) is 14.5. The topological polar surface area (TPSA) is 58.4 Å². The zero-order valence-electron chi connectivity index (χ0n) is 11.9. The molecule has 4 nitrogen and oxygen atoms in total. The molecule has 1 aromatic rings. The van der Waals surface area contributed by atoms with Crippen molar-refractivity contribution < 1.29 is 4.79 Å². The van der Waals surface area contributed by atoms with Crippen molar-refractivity contribution in [2.24, 2.45) is 5.73 Å². The van der Waals surface area contributed by atoms with Gasteiger partial charge in [0.1, 0.15) is 0 Å². The number of carbonyl (C=O) groups excluding carboxylic acids is 1. The number of likely N-dealkylation sites (tertiary alicyclic amines) is 1. The first-order chi connectivity index (χ1) is 9.65. The normalized spacial score (nSPS) is 17.1. The lowest BCUT2D eigenvalue weighted by Crippen LogP contribution is -2.40. The minimum absolute atomic E-state index is 0.117. The number of nitrogens with zero attached hydrogens (tertiary/aromatic N) is 1. The molecule has 20 heavy (non-hydrogen) atoms. The Balaban J connectivity index is 2.10. The molecule has 0 aromatic heterocycles. The van der Waals surface area contributed by atoms with Crippen LogP contribution in [0.4, 0.5) is 0 Å². The fourth-order valence-electron chi connectivity index (χ4n) is 2.72. The highest BCUT2D eigenvalue weighted by molar-refractivity contribution is 6.31. The third-order valence-electron chi connectivity index (χ3n) is 3.93. The smallest absolute Gasteiger partial charge is 0.251 e. The summed E-state index contributed by atoms with van der Waals surface area (Å²) in [5, 5.41) is 3.24. The molecule has 1 aromatic carbocycles. The first kappa shape index (κ1) is 15.3. The number of benzene rings is 1. The molecule has 3 N–H and O–H groups in total. The van der Waals surface area contributed by atoms with Crippen molar-refractivity contribution in [3.63, 3.8) is 0 Å². The van der Waals surface area contributed by atoms with E-state index >= 15 is 0 Å². The Morgan fingerprint density at radius 2 is 2.15 bits per heavy atom. The van der Waals surface area contributed by atoms with Gasteiger partial charge in [-0.25, -0.2) is 0 Å². The lowest BCUT2D eigenvalue weighted by Gasteiger charge is -2.26. The van der Waals surface area contributed by atoms with Gasteiger partial charge in [0.25, 0.3) is 5.91 Å². The highest BCUT2D eigenvalue weighted by Crippen LogP contribution is 2.22. The zero-order valence-corrected chi connectivity index (χ0v) is 12.6. The maximum atomic E-state index is 11.6. The highest BCUT2D eigenvalue weighted by atomic mass is 35.5. The molecule has 1 unspecified atom stereocenters. The lowest BCUT2D eigenvalue weighted by molar-refractivity contribution is 0.0963. The standard InChI is InChI=1S/C15H22ClN3O/c1-18-15(20)12-5-4-11(14(16)9-12)8-13(10-17)19-6-2-3-7-19/h4-5,9,13H,2-3,6-8,10,17H2,1H3,(H,18,20). The average molecular weight is 296 g/mol. The summed E-state index contributed by atoms with van der Waals surface area (Å²) < 4.78 is 0. The van der Waals surface area contributed by atoms with E-state index in [1.165, 1.54) is 12.8 Å². The van der Waals surface area contributed by atoms with Gasteiger partial charge in [0.15, 0.2) is 0 Å². The molecular weight excluding hydrogens is 274 g/mol. The molecule has 2 rings (SSSR count). The van der Waals surface area contributed by atoms with E-state index in [0.29, 0.717) is 23.2 Å². The molecule has 1 heterocycles. The number of nitrogens with one attached hydrogen (secondary N) is 1. The van der Waals surface area contributed by atoms with E-state index in [1.54, 1.807) is 13.1 Å². The molecular formula is C15H22ClN3O. The quantitative estimate of drug-likeness (QED) is 0.869. The summed E-state index contributed by atoms with van der Waals surface area (Å²) in [6.45, 7) is 2.87. The molecule has 1 amide bonds. The number of hydrogen-bond donors (Lipinski definition) is 2. The van der Waals surface area contributed by atoms with E-state index in [9.17, 15) is 4.79 Å². The summed E-state index contributed by atoms with van der Waals surface area (Å²) in [5.74, 6) is -0.117. The molecule has 0 radical (unpaired) electrons. The molecule has 1 atom stereocenters. The fourth-order valence-corrected chi connectivity index (χ4v) is 2.98. The average Bonchev–Trinajstić information content (AvgIpc) is 2.99. The number of hydrogen-bond acceptors (Lipinski definition) is 3. The van der Waals surface area contributed by atoms with Gasteiger partial charge in [-0.05, 0) is 50.0 Å². The Morgan fingerprint density at radius 1 is 1.45 bits per heavy atom. The van der Waals surface area contributed by atoms with Crippen LogP contribution in [0.25, 0.3) is 0 Å². The Kier molecular flexibility index (Phi) is 5.40. The second-order valence-electron chi connectivity index (χ2n) is 5.22. The number of rotatable bonds is 5. The molecule has 0 bridgehead atoms. The van der Waals surface area contributed by atoms with Crippen LogP contribution in [-0.2, 0) is 6.42 Å². The Bertz CT molecular complexity index is 472. The first-order valence-corrected chi connectivity index (χ1v) is 7.48. The minimum atomic E-state index is -0.117. The Morgan fingerprint density at radius 3 is 2.70 bits per heavy atom. The van der Waals surface area contributed by atoms with Crippen LogP contribution >= 0.6 is 11.6 Å². The summed E-state index contributed by atoms with van der Waals surface area (Å²) in [7, 11) is 1.61. The van der Waals surface area contributed by atoms with E-state index in [-0.39, 0.29) is 5.91 Å². The van der Waals surface area contributed by atoms with Crippen LogP contribution < -0.4 is 11.1 Å². The molecule has 1 saturated heterocycles. The van der Waals surface area contributed by atoms with Crippen LogP contribution in [0.3, 0.4) is 0 Å². The van der Waals surface area contributed by atoms with Gasteiger partial charge in [-0.1, -0.05) is 17.7 Å². The van der Waals surface area contributed by atoms with Gasteiger partial charge in [0.05, 0.1) is 0 Å². The molecule has 5 heteroatoms. The van der Waals surface area contributed by atoms with E-state index in [4.69, 9.17) is 17.3 Å². The van der Waals surface area contributed by atoms with Crippen molar-refractivity contribution in [2.75, 3.05) is 26.7 Å². The summed E-state index contributed by atoms with van der Waals surface area (Å²) >= 11 is 6.30. The van der Waals surface area contributed by atoms with Crippen molar-refractivity contribution in [3.8, 4) is 0 Å². The summed E-state index contributed by atoms with van der Waals surface area (Å²) in [4.78, 5) is 14.0. The van der Waals surface area contributed by atoms with Crippen molar-refractivity contribution in [3.05, 3.63) is 34.3 Å². The van der Waals surface area contributed by atoms with Crippen LogP contribution in [0, 0.1) is 0 Å². The second kappa shape index (κ2) is 7.07. The van der Waals surface area contributed by atoms with Gasteiger partial charge in [0, 0.05) is 30.2 Å². The first-order valence-electron chi connectivity index (χ1n) is 7.10. The second-order valence-corrected chi connectivity index (χ2v) is 5.63. The molecule has 1 aliphatic rings. The molecule has 0 aliphatic carbocycles. The van der Waals surface area contributed by atoms with Crippen molar-refractivity contribution in [2.45, 2.75) is 25.3 Å². The van der Waals surface area contributed by atoms with Crippen LogP contribution in [0.5, 0.6) is 0 Å². The summed E-state index contributed by atoms with van der Waals surface area (Å²) in [5.41, 5.74) is 7.55. The van der Waals surface area contributed by atoms with Crippen LogP contribution in [-0.4, -0.2) is 43.5 Å².